The molecule has 5 aromatic rings. The van der Waals surface area contributed by atoms with Gasteiger partial charge in [-0.2, -0.15) is 0 Å². The van der Waals surface area contributed by atoms with Gasteiger partial charge in [-0.1, -0.05) is 35.9 Å². The van der Waals surface area contributed by atoms with Crippen LogP contribution in [-0.2, 0) is 0 Å². The Morgan fingerprint density at radius 3 is 2.70 bits per heavy atom. The fraction of sp³-hybridized carbons (Fsp3) is 0.0556. The second kappa shape index (κ2) is 3.28. The molecule has 0 amide bonds. The molecule has 94 valence electrons. The molecule has 2 heterocycles. The molecule has 0 spiro atoms. The molecule has 0 radical (unpaired) electrons. The van der Waals surface area contributed by atoms with Crippen LogP contribution in [-0.4, -0.2) is 4.98 Å². The predicted octanol–water partition coefficient (Wildman–Crippen LogP) is 5.03. The molecule has 2 nitrogen and oxygen atoms in total. The second-order valence-corrected chi connectivity index (χ2v) is 5.36. The number of hydrogen-bond donors (Lipinski definition) is 0. The van der Waals surface area contributed by atoms with Crippen molar-refractivity contribution in [2.24, 2.45) is 0 Å². The summed E-state index contributed by atoms with van der Waals surface area (Å²) in [5.41, 5.74) is 4.16. The molecule has 20 heavy (non-hydrogen) atoms. The first kappa shape index (κ1) is 10.2. The van der Waals surface area contributed by atoms with Gasteiger partial charge in [0, 0.05) is 17.0 Å². The predicted molar refractivity (Wildman–Crippen MR) is 82.5 cm³/mol. The van der Waals surface area contributed by atoms with Crippen LogP contribution in [0.25, 0.3) is 43.6 Å². The molecule has 0 aliphatic carbocycles. The van der Waals surface area contributed by atoms with E-state index in [4.69, 9.17) is 4.42 Å². The minimum Gasteiger partial charge on any atom is -0.456 e. The largest absolute Gasteiger partial charge is 0.456 e. The van der Waals surface area contributed by atoms with E-state index in [0.717, 1.165) is 22.1 Å². The standard InChI is InChI=1S/C18H11NO/c1-10-5-6-12-13(9-10)11-3-2-4-14-16(11)17-15(20-14)7-8-19-18(12)17/h2-9H,1H3. The van der Waals surface area contributed by atoms with Crippen molar-refractivity contribution in [3.8, 4) is 0 Å². The number of nitrogens with zero attached hydrogens (tertiary/aromatic N) is 1. The number of hydrogen-bond acceptors (Lipinski definition) is 2. The van der Waals surface area contributed by atoms with E-state index in [2.05, 4.69) is 42.2 Å². The number of pyridine rings is 1. The molecule has 2 heteroatoms. The molecule has 3 aromatic carbocycles. The van der Waals surface area contributed by atoms with Crippen molar-refractivity contribution in [1.82, 2.24) is 4.98 Å². The zero-order valence-electron chi connectivity index (χ0n) is 11.0. The molecule has 0 aliphatic heterocycles. The summed E-state index contributed by atoms with van der Waals surface area (Å²) in [5.74, 6) is 0. The van der Waals surface area contributed by atoms with E-state index in [-0.39, 0.29) is 0 Å². The normalized spacial score (nSPS) is 12.2. The Kier molecular flexibility index (Phi) is 1.68. The maximum Gasteiger partial charge on any atom is 0.139 e. The van der Waals surface area contributed by atoms with Crippen LogP contribution in [0.1, 0.15) is 5.56 Å². The van der Waals surface area contributed by atoms with Gasteiger partial charge in [0.05, 0.1) is 10.9 Å². The van der Waals surface area contributed by atoms with Crippen LogP contribution in [0.5, 0.6) is 0 Å². The van der Waals surface area contributed by atoms with Crippen LogP contribution in [0, 0.1) is 6.92 Å². The van der Waals surface area contributed by atoms with E-state index in [1.807, 2.05) is 18.3 Å². The lowest BCUT2D eigenvalue weighted by Gasteiger charge is -2.07. The molecular weight excluding hydrogens is 246 g/mol. The minimum absolute atomic E-state index is 0.920. The fourth-order valence-corrected chi connectivity index (χ4v) is 3.28. The number of furan rings is 1. The summed E-state index contributed by atoms with van der Waals surface area (Å²) >= 11 is 0. The average Bonchev–Trinajstić information content (AvgIpc) is 2.85. The summed E-state index contributed by atoms with van der Waals surface area (Å²) in [6.45, 7) is 2.12. The lowest BCUT2D eigenvalue weighted by Crippen LogP contribution is -1.85. The van der Waals surface area contributed by atoms with E-state index in [1.54, 1.807) is 0 Å². The van der Waals surface area contributed by atoms with E-state index in [9.17, 15) is 0 Å². The van der Waals surface area contributed by atoms with Crippen LogP contribution in [0.2, 0.25) is 0 Å². The van der Waals surface area contributed by atoms with Crippen LogP contribution in [0.4, 0.5) is 0 Å². The Balaban J connectivity index is 2.30. The van der Waals surface area contributed by atoms with Gasteiger partial charge in [-0.25, -0.2) is 0 Å². The maximum atomic E-state index is 5.98. The highest BCUT2D eigenvalue weighted by Crippen LogP contribution is 2.41. The Bertz CT molecular complexity index is 1100. The SMILES string of the molecule is Cc1ccc2c(c1)c1cccc3oc4ccnc2c4c31. The lowest BCUT2D eigenvalue weighted by atomic mass is 9.96. The smallest absolute Gasteiger partial charge is 0.139 e. The molecule has 0 atom stereocenters. The Hall–Kier alpha value is -2.61. The summed E-state index contributed by atoms with van der Waals surface area (Å²) in [4.78, 5) is 4.60. The number of fused-ring (bicyclic) bond motifs is 3. The monoisotopic (exact) mass is 257 g/mol. The third-order valence-corrected chi connectivity index (χ3v) is 4.13. The topological polar surface area (TPSA) is 26.0 Å². The summed E-state index contributed by atoms with van der Waals surface area (Å²) in [6.07, 6.45) is 1.83. The van der Waals surface area contributed by atoms with Crippen LogP contribution < -0.4 is 0 Å². The first-order chi connectivity index (χ1) is 9.83. The van der Waals surface area contributed by atoms with Crippen LogP contribution in [0.15, 0.2) is 53.1 Å². The molecule has 0 saturated carbocycles. The molecule has 0 fully saturated rings. The van der Waals surface area contributed by atoms with Crippen molar-refractivity contribution in [3.05, 3.63) is 54.2 Å². The van der Waals surface area contributed by atoms with Crippen molar-refractivity contribution >= 4 is 43.6 Å². The number of rotatable bonds is 0. The Morgan fingerprint density at radius 2 is 1.75 bits per heavy atom. The molecule has 0 N–H and O–H groups in total. The first-order valence-electron chi connectivity index (χ1n) is 6.74. The number of aromatic nitrogens is 1. The van der Waals surface area contributed by atoms with Crippen LogP contribution in [0.3, 0.4) is 0 Å². The second-order valence-electron chi connectivity index (χ2n) is 5.36. The molecule has 0 bridgehead atoms. The van der Waals surface area contributed by atoms with Gasteiger partial charge in [0.2, 0.25) is 0 Å². The zero-order chi connectivity index (χ0) is 13.3. The first-order valence-corrected chi connectivity index (χ1v) is 6.74. The molecular formula is C18H11NO. The average molecular weight is 257 g/mol. The van der Waals surface area contributed by atoms with E-state index >= 15 is 0 Å². The van der Waals surface area contributed by atoms with Gasteiger partial charge in [0.1, 0.15) is 11.2 Å². The third kappa shape index (κ3) is 1.08. The molecule has 5 rings (SSSR count). The molecule has 0 unspecified atom stereocenters. The van der Waals surface area contributed by atoms with E-state index < -0.39 is 0 Å². The number of benzene rings is 3. The molecule has 0 aliphatic rings. The minimum atomic E-state index is 0.920. The zero-order valence-corrected chi connectivity index (χ0v) is 11.0. The number of aryl methyl sites for hydroxylation is 1. The quantitative estimate of drug-likeness (QED) is 0.363. The Labute approximate surface area is 115 Å². The van der Waals surface area contributed by atoms with Crippen LogP contribution >= 0.6 is 0 Å². The maximum absolute atomic E-state index is 5.98. The summed E-state index contributed by atoms with van der Waals surface area (Å²) in [5, 5.41) is 6.05. The van der Waals surface area contributed by atoms with Gasteiger partial charge in [0.15, 0.2) is 0 Å². The highest BCUT2D eigenvalue weighted by atomic mass is 16.3. The Morgan fingerprint density at radius 1 is 0.850 bits per heavy atom. The lowest BCUT2D eigenvalue weighted by molar-refractivity contribution is 0.669. The van der Waals surface area contributed by atoms with Crippen molar-refractivity contribution in [2.75, 3.05) is 0 Å². The summed E-state index contributed by atoms with van der Waals surface area (Å²) in [7, 11) is 0. The van der Waals surface area contributed by atoms with Crippen molar-refractivity contribution < 1.29 is 4.42 Å². The van der Waals surface area contributed by atoms with E-state index in [1.165, 1.54) is 27.1 Å². The van der Waals surface area contributed by atoms with Gasteiger partial charge in [-0.15, -0.1) is 0 Å². The van der Waals surface area contributed by atoms with Gasteiger partial charge < -0.3 is 4.42 Å². The molecule has 2 aromatic heterocycles. The van der Waals surface area contributed by atoms with Gasteiger partial charge in [-0.3, -0.25) is 4.98 Å². The van der Waals surface area contributed by atoms with Gasteiger partial charge in [-0.05, 0) is 29.8 Å². The highest BCUT2D eigenvalue weighted by molar-refractivity contribution is 6.31. The summed E-state index contributed by atoms with van der Waals surface area (Å²) < 4.78 is 5.98. The highest BCUT2D eigenvalue weighted by Gasteiger charge is 2.17. The van der Waals surface area contributed by atoms with Crippen molar-refractivity contribution in [3.63, 3.8) is 0 Å². The fourth-order valence-electron chi connectivity index (χ4n) is 3.28. The van der Waals surface area contributed by atoms with Crippen molar-refractivity contribution in [2.45, 2.75) is 6.92 Å². The van der Waals surface area contributed by atoms with Gasteiger partial charge in [0.25, 0.3) is 0 Å². The van der Waals surface area contributed by atoms with Crippen molar-refractivity contribution in [1.29, 1.82) is 0 Å². The third-order valence-electron chi connectivity index (χ3n) is 4.13. The summed E-state index contributed by atoms with van der Waals surface area (Å²) in [6, 6.07) is 14.8. The van der Waals surface area contributed by atoms with E-state index in [0.29, 0.717) is 0 Å². The van der Waals surface area contributed by atoms with Gasteiger partial charge >= 0.3 is 0 Å². The molecule has 0 saturated heterocycles.